The monoisotopic (exact) mass is 403 g/mol. The summed E-state index contributed by atoms with van der Waals surface area (Å²) in [4.78, 5) is 7.34. The second-order valence-electron chi connectivity index (χ2n) is 6.86. The smallest absolute Gasteiger partial charge is 0.110 e. The summed E-state index contributed by atoms with van der Waals surface area (Å²) < 4.78 is 7.68. The van der Waals surface area contributed by atoms with Gasteiger partial charge in [0.25, 0.3) is 0 Å². The van der Waals surface area contributed by atoms with Crippen molar-refractivity contribution in [1.82, 2.24) is 14.5 Å². The van der Waals surface area contributed by atoms with Gasteiger partial charge in [0, 0.05) is 35.1 Å². The van der Waals surface area contributed by atoms with E-state index in [1.165, 1.54) is 0 Å². The maximum Gasteiger partial charge on any atom is 0.110 e. The molecule has 0 saturated carbocycles. The topological polar surface area (TPSA) is 30.3 Å². The summed E-state index contributed by atoms with van der Waals surface area (Å²) in [5.74, 6) is 1.08. The summed E-state index contributed by atoms with van der Waals surface area (Å²) in [6, 6.07) is 13.9. The SMILES string of the molecule is Clc1cccc(Cl)c1Cn1c(CCCN2CCOCC2)nc2ccccc21. The van der Waals surface area contributed by atoms with Crippen LogP contribution in [0.2, 0.25) is 10.0 Å². The van der Waals surface area contributed by atoms with E-state index in [2.05, 4.69) is 21.6 Å². The van der Waals surface area contributed by atoms with Crippen LogP contribution in [0.4, 0.5) is 0 Å². The third-order valence-electron chi connectivity index (χ3n) is 5.09. The Balaban J connectivity index is 1.57. The van der Waals surface area contributed by atoms with E-state index >= 15 is 0 Å². The number of aryl methyl sites for hydroxylation is 1. The minimum absolute atomic E-state index is 0.631. The Bertz CT molecular complexity index is 899. The fourth-order valence-electron chi connectivity index (χ4n) is 3.62. The summed E-state index contributed by atoms with van der Waals surface area (Å²) in [7, 11) is 0. The molecule has 4 rings (SSSR count). The summed E-state index contributed by atoms with van der Waals surface area (Å²) in [5.41, 5.74) is 3.08. The molecule has 0 atom stereocenters. The molecule has 1 aromatic heterocycles. The van der Waals surface area contributed by atoms with Crippen molar-refractivity contribution < 1.29 is 4.74 Å². The van der Waals surface area contributed by atoms with Gasteiger partial charge in [-0.15, -0.1) is 0 Å². The van der Waals surface area contributed by atoms with Crippen LogP contribution in [0.3, 0.4) is 0 Å². The highest BCUT2D eigenvalue weighted by Gasteiger charge is 2.15. The Kier molecular flexibility index (Phi) is 5.98. The average molecular weight is 404 g/mol. The highest BCUT2D eigenvalue weighted by atomic mass is 35.5. The number of morpholine rings is 1. The molecular weight excluding hydrogens is 381 g/mol. The van der Waals surface area contributed by atoms with Gasteiger partial charge in [0.1, 0.15) is 5.82 Å². The van der Waals surface area contributed by atoms with Gasteiger partial charge in [-0.25, -0.2) is 4.98 Å². The number of nitrogens with zero attached hydrogens (tertiary/aromatic N) is 3. The number of para-hydroxylation sites is 2. The van der Waals surface area contributed by atoms with Crippen molar-refractivity contribution in [3.63, 3.8) is 0 Å². The first-order valence-corrected chi connectivity index (χ1v) is 10.1. The predicted octanol–water partition coefficient (Wildman–Crippen LogP) is 4.66. The maximum atomic E-state index is 6.42. The Hall–Kier alpha value is -1.59. The maximum absolute atomic E-state index is 6.42. The second-order valence-corrected chi connectivity index (χ2v) is 7.68. The first-order chi connectivity index (χ1) is 13.2. The van der Waals surface area contributed by atoms with Crippen molar-refractivity contribution in [2.75, 3.05) is 32.8 Å². The minimum atomic E-state index is 0.631. The number of ether oxygens (including phenoxy) is 1. The zero-order chi connectivity index (χ0) is 18.6. The number of imidazole rings is 1. The number of hydrogen-bond donors (Lipinski definition) is 0. The molecule has 0 radical (unpaired) electrons. The van der Waals surface area contributed by atoms with E-state index < -0.39 is 0 Å². The lowest BCUT2D eigenvalue weighted by molar-refractivity contribution is 0.0374. The third kappa shape index (κ3) is 4.30. The zero-order valence-corrected chi connectivity index (χ0v) is 16.7. The first kappa shape index (κ1) is 18.8. The first-order valence-electron chi connectivity index (χ1n) is 9.39. The predicted molar refractivity (Wildman–Crippen MR) is 111 cm³/mol. The van der Waals surface area contributed by atoms with Gasteiger partial charge in [-0.3, -0.25) is 4.90 Å². The minimum Gasteiger partial charge on any atom is -0.379 e. The molecule has 2 heterocycles. The van der Waals surface area contributed by atoms with Gasteiger partial charge in [-0.2, -0.15) is 0 Å². The van der Waals surface area contributed by atoms with Crippen LogP contribution in [0.15, 0.2) is 42.5 Å². The lowest BCUT2D eigenvalue weighted by atomic mass is 10.2. The number of fused-ring (bicyclic) bond motifs is 1. The quantitative estimate of drug-likeness (QED) is 0.599. The van der Waals surface area contributed by atoms with Crippen molar-refractivity contribution in [2.24, 2.45) is 0 Å². The molecule has 0 spiro atoms. The lowest BCUT2D eigenvalue weighted by Crippen LogP contribution is -2.37. The van der Waals surface area contributed by atoms with Gasteiger partial charge in [0.15, 0.2) is 0 Å². The number of benzene rings is 2. The third-order valence-corrected chi connectivity index (χ3v) is 5.80. The zero-order valence-electron chi connectivity index (χ0n) is 15.2. The van der Waals surface area contributed by atoms with Crippen LogP contribution in [-0.2, 0) is 17.7 Å². The van der Waals surface area contributed by atoms with Gasteiger partial charge in [-0.05, 0) is 37.2 Å². The number of aromatic nitrogens is 2. The van der Waals surface area contributed by atoms with E-state index in [1.807, 2.05) is 30.3 Å². The molecule has 0 amide bonds. The van der Waals surface area contributed by atoms with Crippen LogP contribution in [0, 0.1) is 0 Å². The molecule has 0 aliphatic carbocycles. The van der Waals surface area contributed by atoms with Crippen molar-refractivity contribution in [3.05, 3.63) is 63.9 Å². The van der Waals surface area contributed by atoms with E-state index in [4.69, 9.17) is 32.9 Å². The molecule has 27 heavy (non-hydrogen) atoms. The van der Waals surface area contributed by atoms with Gasteiger partial charge in [0.2, 0.25) is 0 Å². The Morgan fingerprint density at radius 1 is 0.963 bits per heavy atom. The van der Waals surface area contributed by atoms with E-state index in [1.54, 1.807) is 0 Å². The molecule has 1 aliphatic rings. The molecule has 0 bridgehead atoms. The lowest BCUT2D eigenvalue weighted by Gasteiger charge is -2.26. The molecule has 6 heteroatoms. The van der Waals surface area contributed by atoms with Crippen molar-refractivity contribution in [2.45, 2.75) is 19.4 Å². The highest BCUT2D eigenvalue weighted by molar-refractivity contribution is 6.36. The molecule has 1 aliphatic heterocycles. The van der Waals surface area contributed by atoms with Crippen LogP contribution in [-0.4, -0.2) is 47.3 Å². The fourth-order valence-corrected chi connectivity index (χ4v) is 4.14. The summed E-state index contributed by atoms with van der Waals surface area (Å²) in [5, 5.41) is 1.39. The summed E-state index contributed by atoms with van der Waals surface area (Å²) in [6.45, 7) is 5.41. The number of hydrogen-bond acceptors (Lipinski definition) is 3. The van der Waals surface area contributed by atoms with Crippen LogP contribution < -0.4 is 0 Å². The molecule has 2 aromatic carbocycles. The molecule has 3 aromatic rings. The second kappa shape index (κ2) is 8.61. The largest absolute Gasteiger partial charge is 0.379 e. The number of rotatable bonds is 6. The van der Waals surface area contributed by atoms with E-state index in [-0.39, 0.29) is 0 Å². The van der Waals surface area contributed by atoms with Crippen molar-refractivity contribution >= 4 is 34.2 Å². The summed E-state index contributed by atoms with van der Waals surface area (Å²) >= 11 is 12.8. The van der Waals surface area contributed by atoms with Gasteiger partial charge < -0.3 is 9.30 Å². The fraction of sp³-hybridized carbons (Fsp3) is 0.381. The molecular formula is C21H23Cl2N3O. The van der Waals surface area contributed by atoms with E-state index in [0.29, 0.717) is 16.6 Å². The van der Waals surface area contributed by atoms with E-state index in [0.717, 1.165) is 68.1 Å². The standard InChI is InChI=1S/C21H23Cl2N3O/c22-17-5-3-6-18(23)16(17)15-26-20-8-2-1-7-19(20)24-21(26)9-4-10-25-11-13-27-14-12-25/h1-3,5-8H,4,9-15H2. The van der Waals surface area contributed by atoms with Crippen LogP contribution in [0.5, 0.6) is 0 Å². The molecule has 0 unspecified atom stereocenters. The highest BCUT2D eigenvalue weighted by Crippen LogP contribution is 2.27. The normalized spacial score (nSPS) is 15.5. The Morgan fingerprint density at radius 3 is 2.48 bits per heavy atom. The molecule has 4 nitrogen and oxygen atoms in total. The number of halogens is 2. The van der Waals surface area contributed by atoms with E-state index in [9.17, 15) is 0 Å². The van der Waals surface area contributed by atoms with Crippen molar-refractivity contribution in [3.8, 4) is 0 Å². The molecule has 0 N–H and O–H groups in total. The van der Waals surface area contributed by atoms with Crippen molar-refractivity contribution in [1.29, 1.82) is 0 Å². The van der Waals surface area contributed by atoms with Gasteiger partial charge in [-0.1, -0.05) is 41.4 Å². The van der Waals surface area contributed by atoms with Gasteiger partial charge >= 0.3 is 0 Å². The summed E-state index contributed by atoms with van der Waals surface area (Å²) in [6.07, 6.45) is 1.99. The van der Waals surface area contributed by atoms with Crippen LogP contribution >= 0.6 is 23.2 Å². The Labute approximate surface area is 169 Å². The van der Waals surface area contributed by atoms with Crippen LogP contribution in [0.25, 0.3) is 11.0 Å². The van der Waals surface area contributed by atoms with Gasteiger partial charge in [0.05, 0.1) is 30.8 Å². The average Bonchev–Trinajstić information content (AvgIpc) is 3.03. The molecule has 142 valence electrons. The van der Waals surface area contributed by atoms with Crippen LogP contribution in [0.1, 0.15) is 17.8 Å². The molecule has 1 saturated heterocycles. The Morgan fingerprint density at radius 2 is 1.70 bits per heavy atom. The molecule has 1 fully saturated rings.